The third-order valence-corrected chi connectivity index (χ3v) is 7.56. The zero-order valence-corrected chi connectivity index (χ0v) is 22.7. The van der Waals surface area contributed by atoms with Gasteiger partial charge in [0.05, 0.1) is 12.1 Å². The monoisotopic (exact) mass is 574 g/mol. The van der Waals surface area contributed by atoms with E-state index in [0.29, 0.717) is 44.2 Å². The Morgan fingerprint density at radius 1 is 1.12 bits per heavy atom. The lowest BCUT2D eigenvalue weighted by molar-refractivity contribution is -0.139. The van der Waals surface area contributed by atoms with Gasteiger partial charge in [-0.25, -0.2) is 18.4 Å². The fraction of sp³-hybridized carbons (Fsp3) is 0.226. The number of hydrogen-bond donors (Lipinski definition) is 3. The fourth-order valence-corrected chi connectivity index (χ4v) is 5.20. The highest BCUT2D eigenvalue weighted by Crippen LogP contribution is 2.37. The Hall–Kier alpha value is -4.55. The molecule has 1 aliphatic carbocycles. The number of halogens is 3. The second-order valence-electron chi connectivity index (χ2n) is 10.1. The second-order valence-corrected chi connectivity index (χ2v) is 10.5. The van der Waals surface area contributed by atoms with Crippen LogP contribution >= 0.6 is 11.6 Å². The van der Waals surface area contributed by atoms with Crippen LogP contribution in [0.3, 0.4) is 0 Å². The summed E-state index contributed by atoms with van der Waals surface area (Å²) in [4.78, 5) is 32.9. The number of carbonyl (C=O) groups excluding carboxylic acids is 1. The predicted molar refractivity (Wildman–Crippen MR) is 153 cm³/mol. The normalized spacial score (nSPS) is 14.2. The van der Waals surface area contributed by atoms with E-state index in [1.807, 2.05) is 6.92 Å². The summed E-state index contributed by atoms with van der Waals surface area (Å²) in [6.45, 7) is 9.11. The van der Waals surface area contributed by atoms with E-state index in [-0.39, 0.29) is 18.2 Å². The van der Waals surface area contributed by atoms with Crippen LogP contribution in [0.4, 0.5) is 20.2 Å². The molecule has 1 amide bonds. The SMILES string of the molecule is [C-]#[N+]c1ccc(-c2ccc(C[C@H](NC(=O)c3c(F)cc(N[C@@H](C)C4CC4)cc3F)C(=O)O)c3cccnc23)c(Cl)c1. The van der Waals surface area contributed by atoms with Crippen LogP contribution in [0, 0.1) is 24.1 Å². The highest BCUT2D eigenvalue weighted by atomic mass is 35.5. The van der Waals surface area contributed by atoms with Gasteiger partial charge in [0, 0.05) is 40.3 Å². The van der Waals surface area contributed by atoms with Gasteiger partial charge in [-0.1, -0.05) is 41.9 Å². The summed E-state index contributed by atoms with van der Waals surface area (Å²) >= 11 is 6.44. The number of aromatic nitrogens is 1. The van der Waals surface area contributed by atoms with E-state index in [9.17, 15) is 23.5 Å². The van der Waals surface area contributed by atoms with Crippen LogP contribution < -0.4 is 10.6 Å². The molecule has 0 radical (unpaired) electrons. The zero-order chi connectivity index (χ0) is 29.3. The van der Waals surface area contributed by atoms with E-state index < -0.39 is 35.1 Å². The van der Waals surface area contributed by atoms with Gasteiger partial charge in [0.2, 0.25) is 0 Å². The Kier molecular flexibility index (Phi) is 7.86. The molecule has 3 N–H and O–H groups in total. The molecule has 1 fully saturated rings. The van der Waals surface area contributed by atoms with E-state index in [4.69, 9.17) is 18.2 Å². The van der Waals surface area contributed by atoms with E-state index in [2.05, 4.69) is 20.5 Å². The molecular formula is C31H25ClF2N4O3. The minimum atomic E-state index is -1.48. The molecule has 0 bridgehead atoms. The van der Waals surface area contributed by atoms with Crippen molar-refractivity contribution < 1.29 is 23.5 Å². The van der Waals surface area contributed by atoms with E-state index in [0.717, 1.165) is 25.0 Å². The van der Waals surface area contributed by atoms with Crippen molar-refractivity contribution in [2.24, 2.45) is 5.92 Å². The number of benzene rings is 3. The van der Waals surface area contributed by atoms with E-state index in [1.165, 1.54) is 0 Å². The van der Waals surface area contributed by atoms with Crippen molar-refractivity contribution in [2.45, 2.75) is 38.3 Å². The highest BCUT2D eigenvalue weighted by Gasteiger charge is 2.29. The number of pyridine rings is 1. The van der Waals surface area contributed by atoms with Crippen LogP contribution in [0.1, 0.15) is 35.7 Å². The third-order valence-electron chi connectivity index (χ3n) is 7.25. The van der Waals surface area contributed by atoms with Crippen molar-refractivity contribution in [2.75, 3.05) is 5.32 Å². The number of hydrogen-bond acceptors (Lipinski definition) is 4. The first-order valence-electron chi connectivity index (χ1n) is 13.0. The maximum absolute atomic E-state index is 14.9. The molecule has 1 aliphatic rings. The van der Waals surface area contributed by atoms with E-state index >= 15 is 0 Å². The fourth-order valence-electron chi connectivity index (χ4n) is 4.92. The Labute approximate surface area is 240 Å². The quantitative estimate of drug-likeness (QED) is 0.187. The number of fused-ring (bicyclic) bond motifs is 1. The number of carboxylic acid groups (broad SMARTS) is 1. The molecule has 3 aromatic carbocycles. The lowest BCUT2D eigenvalue weighted by atomic mass is 9.95. The molecule has 0 saturated heterocycles. The summed E-state index contributed by atoms with van der Waals surface area (Å²) < 4.78 is 29.8. The van der Waals surface area contributed by atoms with Crippen LogP contribution in [0.2, 0.25) is 5.02 Å². The van der Waals surface area contributed by atoms with Gasteiger partial charge in [-0.3, -0.25) is 9.78 Å². The first-order chi connectivity index (χ1) is 19.7. The lowest BCUT2D eigenvalue weighted by Crippen LogP contribution is -2.43. The third kappa shape index (κ3) is 5.98. The van der Waals surface area contributed by atoms with Gasteiger partial charge < -0.3 is 15.7 Å². The van der Waals surface area contributed by atoms with Gasteiger partial charge >= 0.3 is 5.97 Å². The summed E-state index contributed by atoms with van der Waals surface area (Å²) in [6, 6.07) is 12.4. The van der Waals surface area contributed by atoms with Crippen LogP contribution in [0.5, 0.6) is 0 Å². The molecule has 5 rings (SSSR count). The zero-order valence-electron chi connectivity index (χ0n) is 21.9. The molecular weight excluding hydrogens is 550 g/mol. The van der Waals surface area contributed by atoms with Crippen molar-refractivity contribution in [3.63, 3.8) is 0 Å². The Bertz CT molecular complexity index is 1690. The number of carbonyl (C=O) groups is 2. The van der Waals surface area contributed by atoms with Crippen LogP contribution in [0.15, 0.2) is 60.8 Å². The largest absolute Gasteiger partial charge is 0.480 e. The average molecular weight is 575 g/mol. The van der Waals surface area contributed by atoms with Crippen molar-refractivity contribution in [3.05, 3.63) is 100.0 Å². The molecule has 10 heteroatoms. The Morgan fingerprint density at radius 3 is 2.46 bits per heavy atom. The van der Waals surface area contributed by atoms with Crippen LogP contribution in [-0.4, -0.2) is 34.1 Å². The predicted octanol–water partition coefficient (Wildman–Crippen LogP) is 7.02. The molecule has 0 unspecified atom stereocenters. The van der Waals surface area contributed by atoms with Crippen LogP contribution in [-0.2, 0) is 11.2 Å². The number of nitrogens with zero attached hydrogens (tertiary/aromatic N) is 2. The first-order valence-corrected chi connectivity index (χ1v) is 13.4. The van der Waals surface area contributed by atoms with Gasteiger partial charge in [-0.2, -0.15) is 0 Å². The Morgan fingerprint density at radius 2 is 1.83 bits per heavy atom. The molecule has 208 valence electrons. The topological polar surface area (TPSA) is 95.7 Å². The molecule has 0 aliphatic heterocycles. The number of nitrogens with one attached hydrogen (secondary N) is 2. The van der Waals surface area contributed by atoms with Crippen molar-refractivity contribution >= 4 is 45.8 Å². The molecule has 1 aromatic heterocycles. The molecule has 1 saturated carbocycles. The number of aliphatic carboxylic acids is 1. The summed E-state index contributed by atoms with van der Waals surface area (Å²) in [5.41, 5.74) is 2.17. The number of rotatable bonds is 9. The number of anilines is 1. The standard InChI is InChI=1S/C31H25ClF2N4O3/c1-16(17-5-6-17)37-20-14-25(33)28(26(34)15-20)30(39)38-27(31(40)41)12-18-7-9-23(29-21(18)4-3-11-36-29)22-10-8-19(35-2)13-24(22)32/h3-4,7-11,13-17,27,37H,5-6,12H2,1H3,(H,38,39)(H,40,41)/t16-,27-/m0/s1. The number of amides is 1. The number of carboxylic acids is 1. The summed E-state index contributed by atoms with van der Waals surface area (Å²) in [5, 5.41) is 16.2. The summed E-state index contributed by atoms with van der Waals surface area (Å²) in [7, 11) is 0. The second kappa shape index (κ2) is 11.5. The van der Waals surface area contributed by atoms with Crippen molar-refractivity contribution in [1.82, 2.24) is 10.3 Å². The minimum absolute atomic E-state index is 0.0368. The maximum atomic E-state index is 14.9. The van der Waals surface area contributed by atoms with Crippen molar-refractivity contribution in [3.8, 4) is 11.1 Å². The summed E-state index contributed by atoms with van der Waals surface area (Å²) in [6.07, 6.45) is 3.52. The smallest absolute Gasteiger partial charge is 0.326 e. The Balaban J connectivity index is 1.41. The lowest BCUT2D eigenvalue weighted by Gasteiger charge is -2.18. The molecule has 4 aromatic rings. The van der Waals surface area contributed by atoms with Gasteiger partial charge in [-0.15, -0.1) is 0 Å². The molecule has 41 heavy (non-hydrogen) atoms. The van der Waals surface area contributed by atoms with E-state index in [1.54, 1.807) is 48.7 Å². The van der Waals surface area contributed by atoms with Crippen molar-refractivity contribution in [1.29, 1.82) is 0 Å². The molecule has 2 atom stereocenters. The minimum Gasteiger partial charge on any atom is -0.480 e. The van der Waals surface area contributed by atoms with Gasteiger partial charge in [0.1, 0.15) is 23.2 Å². The highest BCUT2D eigenvalue weighted by molar-refractivity contribution is 6.34. The molecule has 0 spiro atoms. The summed E-state index contributed by atoms with van der Waals surface area (Å²) in [5.74, 6) is -4.26. The molecule has 1 heterocycles. The van der Waals surface area contributed by atoms with Gasteiger partial charge in [0.15, 0.2) is 5.69 Å². The maximum Gasteiger partial charge on any atom is 0.326 e. The van der Waals surface area contributed by atoms with Gasteiger partial charge in [0.25, 0.3) is 5.91 Å². The average Bonchev–Trinajstić information content (AvgIpc) is 3.78. The first kappa shape index (κ1) is 28.0. The molecule has 7 nitrogen and oxygen atoms in total. The van der Waals surface area contributed by atoms with Crippen LogP contribution in [0.25, 0.3) is 26.9 Å². The van der Waals surface area contributed by atoms with Gasteiger partial charge in [-0.05, 0) is 61.1 Å².